The second-order valence-corrected chi connectivity index (χ2v) is 9.79. The maximum absolute atomic E-state index is 6.32. The zero-order valence-electron chi connectivity index (χ0n) is 18.6. The molecule has 1 saturated carbocycles. The molecule has 2 atom stereocenters. The summed E-state index contributed by atoms with van der Waals surface area (Å²) < 4.78 is 2.30. The van der Waals surface area contributed by atoms with E-state index in [9.17, 15) is 0 Å². The molecule has 1 N–H and O–H groups in total. The number of hydrogen-bond donors (Lipinski definition) is 1. The Morgan fingerprint density at radius 1 is 1.03 bits per heavy atom. The van der Waals surface area contributed by atoms with E-state index >= 15 is 0 Å². The van der Waals surface area contributed by atoms with E-state index in [1.165, 1.54) is 49.1 Å². The Labute approximate surface area is 200 Å². The number of aromatic nitrogens is 2. The maximum Gasteiger partial charge on any atom is 0.170 e. The summed E-state index contributed by atoms with van der Waals surface area (Å²) in [6.45, 7) is 4.37. The first-order chi connectivity index (χ1) is 15.5. The Balaban J connectivity index is 1.63. The van der Waals surface area contributed by atoms with Crippen molar-refractivity contribution in [3.05, 3.63) is 82.4 Å². The van der Waals surface area contributed by atoms with E-state index in [0.717, 1.165) is 21.5 Å². The topological polar surface area (TPSA) is 33.1 Å². The van der Waals surface area contributed by atoms with Crippen molar-refractivity contribution in [2.75, 3.05) is 0 Å². The van der Waals surface area contributed by atoms with Crippen LogP contribution in [0.4, 0.5) is 0 Å². The Morgan fingerprint density at radius 2 is 1.84 bits per heavy atom. The molecule has 2 aliphatic rings. The molecule has 6 heteroatoms. The minimum Gasteiger partial charge on any atom is -0.352 e. The molecular weight excluding hydrogens is 436 g/mol. The van der Waals surface area contributed by atoms with Crippen LogP contribution in [0.2, 0.25) is 5.02 Å². The van der Waals surface area contributed by atoms with Gasteiger partial charge in [-0.25, -0.2) is 0 Å². The Morgan fingerprint density at radius 3 is 2.56 bits per heavy atom. The van der Waals surface area contributed by atoms with Gasteiger partial charge < -0.3 is 14.8 Å². The smallest absolute Gasteiger partial charge is 0.170 e. The van der Waals surface area contributed by atoms with Crippen molar-refractivity contribution in [2.24, 2.45) is 0 Å². The monoisotopic (exact) mass is 464 g/mol. The SMILES string of the molecule is Cc1cc([C@H]2[C@@H](c3ccccn3)NC(=S)N2C2CCCCC2)c(C)n1-c1cccc(Cl)c1. The van der Waals surface area contributed by atoms with Crippen LogP contribution in [0.25, 0.3) is 5.69 Å². The average molecular weight is 465 g/mol. The van der Waals surface area contributed by atoms with E-state index in [0.29, 0.717) is 6.04 Å². The van der Waals surface area contributed by atoms with Crippen LogP contribution >= 0.6 is 23.8 Å². The van der Waals surface area contributed by atoms with Crippen LogP contribution < -0.4 is 5.32 Å². The first-order valence-electron chi connectivity index (χ1n) is 11.5. The van der Waals surface area contributed by atoms with E-state index in [1.807, 2.05) is 30.5 Å². The first kappa shape index (κ1) is 21.5. The normalized spacial score (nSPS) is 21.7. The van der Waals surface area contributed by atoms with Gasteiger partial charge in [0.25, 0.3) is 0 Å². The van der Waals surface area contributed by atoms with Crippen molar-refractivity contribution in [1.82, 2.24) is 19.8 Å². The Hall–Kier alpha value is -2.37. The summed E-state index contributed by atoms with van der Waals surface area (Å²) in [5.41, 5.74) is 5.84. The first-order valence-corrected chi connectivity index (χ1v) is 12.3. The number of aryl methyl sites for hydroxylation is 1. The summed E-state index contributed by atoms with van der Waals surface area (Å²) in [5, 5.41) is 5.23. The van der Waals surface area contributed by atoms with Gasteiger partial charge in [-0.2, -0.15) is 0 Å². The molecule has 0 radical (unpaired) electrons. The highest BCUT2D eigenvalue weighted by molar-refractivity contribution is 7.80. The average Bonchev–Trinajstić information content (AvgIpc) is 3.30. The summed E-state index contributed by atoms with van der Waals surface area (Å²) >= 11 is 12.3. The van der Waals surface area contributed by atoms with Crippen molar-refractivity contribution in [1.29, 1.82) is 0 Å². The summed E-state index contributed by atoms with van der Waals surface area (Å²) in [4.78, 5) is 7.19. The largest absolute Gasteiger partial charge is 0.352 e. The zero-order valence-corrected chi connectivity index (χ0v) is 20.2. The predicted octanol–water partition coefficient (Wildman–Crippen LogP) is 6.45. The lowest BCUT2D eigenvalue weighted by Crippen LogP contribution is -2.40. The van der Waals surface area contributed by atoms with Crippen LogP contribution in [0.5, 0.6) is 0 Å². The van der Waals surface area contributed by atoms with Crippen LogP contribution in [-0.4, -0.2) is 25.6 Å². The minimum absolute atomic E-state index is 0.0268. The third-order valence-electron chi connectivity index (χ3n) is 6.96. The second-order valence-electron chi connectivity index (χ2n) is 8.97. The van der Waals surface area contributed by atoms with Crippen LogP contribution in [0, 0.1) is 13.8 Å². The molecule has 0 bridgehead atoms. The molecule has 0 amide bonds. The van der Waals surface area contributed by atoms with E-state index in [-0.39, 0.29) is 12.1 Å². The predicted molar refractivity (Wildman–Crippen MR) is 134 cm³/mol. The van der Waals surface area contributed by atoms with Crippen molar-refractivity contribution >= 4 is 28.9 Å². The maximum atomic E-state index is 6.32. The summed E-state index contributed by atoms with van der Waals surface area (Å²) in [6, 6.07) is 17.1. The Bertz CT molecular complexity index is 1120. The number of nitrogens with zero attached hydrogens (tertiary/aromatic N) is 3. The highest BCUT2D eigenvalue weighted by Gasteiger charge is 2.44. The molecule has 2 aromatic heterocycles. The Kier molecular flexibility index (Phi) is 5.95. The van der Waals surface area contributed by atoms with Crippen LogP contribution in [0.1, 0.15) is 66.8 Å². The van der Waals surface area contributed by atoms with Gasteiger partial charge in [0, 0.05) is 34.3 Å². The van der Waals surface area contributed by atoms with E-state index in [4.69, 9.17) is 28.8 Å². The van der Waals surface area contributed by atoms with Crippen LogP contribution in [-0.2, 0) is 0 Å². The van der Waals surface area contributed by atoms with E-state index < -0.39 is 0 Å². The van der Waals surface area contributed by atoms with Gasteiger partial charge in [0.2, 0.25) is 0 Å². The highest BCUT2D eigenvalue weighted by Crippen LogP contribution is 2.44. The van der Waals surface area contributed by atoms with Crippen molar-refractivity contribution in [2.45, 2.75) is 64.1 Å². The number of thiocarbonyl (C=S) groups is 1. The molecule has 3 aromatic rings. The molecule has 1 aliphatic heterocycles. The number of halogens is 1. The van der Waals surface area contributed by atoms with E-state index in [1.54, 1.807) is 0 Å². The molecular formula is C26H29ClN4S. The number of hydrogen-bond acceptors (Lipinski definition) is 2. The molecule has 5 rings (SSSR count). The fourth-order valence-corrected chi connectivity index (χ4v) is 6.12. The van der Waals surface area contributed by atoms with Crippen molar-refractivity contribution < 1.29 is 0 Å². The number of nitrogens with one attached hydrogen (secondary N) is 1. The molecule has 4 nitrogen and oxygen atoms in total. The van der Waals surface area contributed by atoms with Gasteiger partial charge in [-0.15, -0.1) is 0 Å². The quantitative estimate of drug-likeness (QED) is 0.450. The summed E-state index contributed by atoms with van der Waals surface area (Å²) in [5.74, 6) is 0. The number of pyridine rings is 1. The van der Waals surface area contributed by atoms with Gasteiger partial charge in [0.05, 0.1) is 17.8 Å². The minimum atomic E-state index is 0.0268. The fraction of sp³-hybridized carbons (Fsp3) is 0.385. The van der Waals surface area contributed by atoms with Crippen molar-refractivity contribution in [3.63, 3.8) is 0 Å². The second kappa shape index (κ2) is 8.87. The lowest BCUT2D eigenvalue weighted by atomic mass is 9.90. The number of benzene rings is 1. The van der Waals surface area contributed by atoms with Crippen molar-refractivity contribution in [3.8, 4) is 5.69 Å². The molecule has 0 unspecified atom stereocenters. The number of rotatable bonds is 4. The van der Waals surface area contributed by atoms with Gasteiger partial charge >= 0.3 is 0 Å². The molecule has 1 saturated heterocycles. The molecule has 3 heterocycles. The lowest BCUT2D eigenvalue weighted by molar-refractivity contribution is 0.197. The van der Waals surface area contributed by atoms with E-state index in [2.05, 4.69) is 52.9 Å². The van der Waals surface area contributed by atoms with Gasteiger partial charge in [-0.3, -0.25) is 4.98 Å². The standard InChI is InChI=1S/C26H29ClN4S/c1-17-15-22(18(2)30(17)21-12-8-9-19(27)16-21)25-24(23-13-6-7-14-28-23)29-26(32)31(25)20-10-4-3-5-11-20/h6-9,12-16,20,24-25H,3-5,10-11H2,1-2H3,(H,29,32)/t24-,25+/m1/s1. The zero-order chi connectivity index (χ0) is 22.2. The third kappa shape index (κ3) is 3.82. The van der Waals surface area contributed by atoms with Crippen LogP contribution in [0.3, 0.4) is 0 Å². The molecule has 1 aromatic carbocycles. The molecule has 0 spiro atoms. The molecule has 2 fully saturated rings. The summed E-state index contributed by atoms with van der Waals surface area (Å²) in [7, 11) is 0. The molecule has 166 valence electrons. The van der Waals surface area contributed by atoms with Gasteiger partial charge in [0.1, 0.15) is 0 Å². The lowest BCUT2D eigenvalue weighted by Gasteiger charge is -2.37. The summed E-state index contributed by atoms with van der Waals surface area (Å²) in [6.07, 6.45) is 8.12. The van der Waals surface area contributed by atoms with Gasteiger partial charge in [-0.1, -0.05) is 43.0 Å². The van der Waals surface area contributed by atoms with Gasteiger partial charge in [0.15, 0.2) is 5.11 Å². The highest BCUT2D eigenvalue weighted by atomic mass is 35.5. The molecule has 1 aliphatic carbocycles. The van der Waals surface area contributed by atoms with Gasteiger partial charge in [-0.05, 0) is 80.9 Å². The fourth-order valence-electron chi connectivity index (χ4n) is 5.55. The molecule has 32 heavy (non-hydrogen) atoms. The third-order valence-corrected chi connectivity index (χ3v) is 7.52. The van der Waals surface area contributed by atoms with Crippen LogP contribution in [0.15, 0.2) is 54.7 Å².